The summed E-state index contributed by atoms with van der Waals surface area (Å²) in [6, 6.07) is 10.6. The van der Waals surface area contributed by atoms with Gasteiger partial charge in [-0.3, -0.25) is 0 Å². The van der Waals surface area contributed by atoms with Crippen molar-refractivity contribution < 1.29 is 0 Å². The van der Waals surface area contributed by atoms with Gasteiger partial charge in [0, 0.05) is 25.8 Å². The number of hydrogen-bond acceptors (Lipinski definition) is 5. The van der Waals surface area contributed by atoms with Crippen LogP contribution >= 0.6 is 0 Å². The first-order chi connectivity index (χ1) is 11.2. The summed E-state index contributed by atoms with van der Waals surface area (Å²) in [5.74, 6) is 1.73. The van der Waals surface area contributed by atoms with Crippen molar-refractivity contribution in [3.63, 3.8) is 0 Å². The van der Waals surface area contributed by atoms with Crippen LogP contribution in [0.4, 0.5) is 11.8 Å². The molecule has 1 aliphatic rings. The van der Waals surface area contributed by atoms with Crippen LogP contribution in [0.1, 0.15) is 17.5 Å². The zero-order chi connectivity index (χ0) is 16.1. The number of hydrogen-bond donors (Lipinski definition) is 1. The van der Waals surface area contributed by atoms with Crippen molar-refractivity contribution >= 4 is 11.8 Å². The Morgan fingerprint density at radius 2 is 2.00 bits per heavy atom. The average Bonchev–Trinajstić information content (AvgIpc) is 2.58. The summed E-state index contributed by atoms with van der Waals surface area (Å²) >= 11 is 0. The summed E-state index contributed by atoms with van der Waals surface area (Å²) in [5, 5.41) is 3.39. The molecule has 0 fully saturated rings. The quantitative estimate of drug-likeness (QED) is 0.830. The lowest BCUT2D eigenvalue weighted by Crippen LogP contribution is -2.31. The molecule has 0 radical (unpaired) electrons. The molecule has 23 heavy (non-hydrogen) atoms. The van der Waals surface area contributed by atoms with Crippen LogP contribution in [-0.4, -0.2) is 48.6 Å². The van der Waals surface area contributed by atoms with E-state index < -0.39 is 0 Å². The molecule has 0 amide bonds. The van der Waals surface area contributed by atoms with Crippen molar-refractivity contribution in [1.82, 2.24) is 14.9 Å². The SMILES string of the molecule is CN(C)CCCNc1ccnc(N2CCc3ccccc3C2)n1. The van der Waals surface area contributed by atoms with E-state index in [1.165, 1.54) is 11.1 Å². The van der Waals surface area contributed by atoms with Crippen LogP contribution in [0, 0.1) is 0 Å². The van der Waals surface area contributed by atoms with E-state index in [-0.39, 0.29) is 0 Å². The molecule has 2 aromatic rings. The second-order valence-electron chi connectivity index (χ2n) is 6.27. The van der Waals surface area contributed by atoms with Crippen LogP contribution in [0.25, 0.3) is 0 Å². The minimum atomic E-state index is 0.817. The Morgan fingerprint density at radius 3 is 2.83 bits per heavy atom. The molecule has 0 unspecified atom stereocenters. The maximum atomic E-state index is 4.68. The molecule has 0 saturated heterocycles. The number of anilines is 2. The van der Waals surface area contributed by atoms with Crippen molar-refractivity contribution in [2.75, 3.05) is 43.9 Å². The van der Waals surface area contributed by atoms with Gasteiger partial charge in [-0.15, -0.1) is 0 Å². The molecule has 1 aromatic carbocycles. The molecular weight excluding hydrogens is 286 g/mol. The number of nitrogens with zero attached hydrogens (tertiary/aromatic N) is 4. The maximum absolute atomic E-state index is 4.68. The third-order valence-corrected chi connectivity index (χ3v) is 4.14. The molecule has 3 rings (SSSR count). The normalized spacial score (nSPS) is 14.0. The van der Waals surface area contributed by atoms with Gasteiger partial charge in [0.25, 0.3) is 0 Å². The van der Waals surface area contributed by atoms with Gasteiger partial charge in [-0.25, -0.2) is 4.98 Å². The number of benzene rings is 1. The number of fused-ring (bicyclic) bond motifs is 1. The highest BCUT2D eigenvalue weighted by Crippen LogP contribution is 2.22. The second kappa shape index (κ2) is 7.42. The summed E-state index contributed by atoms with van der Waals surface area (Å²) < 4.78 is 0. The van der Waals surface area contributed by atoms with Gasteiger partial charge in [0.15, 0.2) is 0 Å². The molecule has 122 valence electrons. The van der Waals surface area contributed by atoms with Crippen LogP contribution in [0.3, 0.4) is 0 Å². The van der Waals surface area contributed by atoms with E-state index in [4.69, 9.17) is 0 Å². The molecular formula is C18H25N5. The average molecular weight is 311 g/mol. The Balaban J connectivity index is 1.62. The molecule has 1 aliphatic heterocycles. The Morgan fingerprint density at radius 1 is 1.17 bits per heavy atom. The van der Waals surface area contributed by atoms with Crippen molar-refractivity contribution in [1.29, 1.82) is 0 Å². The molecule has 5 nitrogen and oxygen atoms in total. The van der Waals surface area contributed by atoms with Crippen LogP contribution in [0.2, 0.25) is 0 Å². The molecule has 0 saturated carbocycles. The van der Waals surface area contributed by atoms with E-state index in [1.807, 2.05) is 12.3 Å². The Hall–Kier alpha value is -2.14. The standard InChI is InChI=1S/C18H25N5/c1-22(2)12-5-10-19-17-8-11-20-18(21-17)23-13-9-15-6-3-4-7-16(15)14-23/h3-4,6-8,11H,5,9-10,12-14H2,1-2H3,(H,19,20,21). The molecule has 0 spiro atoms. The van der Waals surface area contributed by atoms with Gasteiger partial charge >= 0.3 is 0 Å². The van der Waals surface area contributed by atoms with Gasteiger partial charge < -0.3 is 15.1 Å². The topological polar surface area (TPSA) is 44.3 Å². The van der Waals surface area contributed by atoms with Crippen molar-refractivity contribution in [2.24, 2.45) is 0 Å². The molecule has 0 atom stereocenters. The van der Waals surface area contributed by atoms with Gasteiger partial charge in [0.1, 0.15) is 5.82 Å². The van der Waals surface area contributed by atoms with Crippen molar-refractivity contribution in [3.8, 4) is 0 Å². The van der Waals surface area contributed by atoms with E-state index >= 15 is 0 Å². The highest BCUT2D eigenvalue weighted by molar-refractivity contribution is 5.44. The first kappa shape index (κ1) is 15.7. The monoisotopic (exact) mass is 311 g/mol. The fourth-order valence-electron chi connectivity index (χ4n) is 2.88. The maximum Gasteiger partial charge on any atom is 0.227 e. The van der Waals surface area contributed by atoms with Gasteiger partial charge in [0.2, 0.25) is 5.95 Å². The zero-order valence-corrected chi connectivity index (χ0v) is 14.0. The zero-order valence-electron chi connectivity index (χ0n) is 14.0. The largest absolute Gasteiger partial charge is 0.370 e. The van der Waals surface area contributed by atoms with Gasteiger partial charge in [0.05, 0.1) is 0 Å². The molecule has 0 aliphatic carbocycles. The second-order valence-corrected chi connectivity index (χ2v) is 6.27. The van der Waals surface area contributed by atoms with Crippen LogP contribution in [0.15, 0.2) is 36.5 Å². The molecule has 1 aromatic heterocycles. The lowest BCUT2D eigenvalue weighted by atomic mass is 10.0. The summed E-state index contributed by atoms with van der Waals surface area (Å²) in [6.45, 7) is 3.87. The Kier molecular flexibility index (Phi) is 5.08. The summed E-state index contributed by atoms with van der Waals surface area (Å²) in [5.41, 5.74) is 2.83. The van der Waals surface area contributed by atoms with Crippen LogP contribution < -0.4 is 10.2 Å². The third-order valence-electron chi connectivity index (χ3n) is 4.14. The van der Waals surface area contributed by atoms with Crippen molar-refractivity contribution in [2.45, 2.75) is 19.4 Å². The van der Waals surface area contributed by atoms with Crippen LogP contribution in [0.5, 0.6) is 0 Å². The fourth-order valence-corrected chi connectivity index (χ4v) is 2.88. The predicted molar refractivity (Wildman–Crippen MR) is 94.9 cm³/mol. The molecule has 2 heterocycles. The van der Waals surface area contributed by atoms with Gasteiger partial charge in [-0.05, 0) is 50.7 Å². The number of rotatable bonds is 6. The first-order valence-corrected chi connectivity index (χ1v) is 8.26. The number of nitrogens with one attached hydrogen (secondary N) is 1. The smallest absolute Gasteiger partial charge is 0.227 e. The predicted octanol–water partition coefficient (Wildman–Crippen LogP) is 2.40. The first-order valence-electron chi connectivity index (χ1n) is 8.26. The summed E-state index contributed by atoms with van der Waals surface area (Å²) in [6.07, 6.45) is 4.00. The van der Waals surface area contributed by atoms with E-state index in [2.05, 4.69) is 63.4 Å². The lowest BCUT2D eigenvalue weighted by Gasteiger charge is -2.28. The Labute approximate surface area is 138 Å². The summed E-state index contributed by atoms with van der Waals surface area (Å²) in [7, 11) is 4.19. The lowest BCUT2D eigenvalue weighted by molar-refractivity contribution is 0.405. The molecule has 0 bridgehead atoms. The highest BCUT2D eigenvalue weighted by atomic mass is 15.3. The minimum absolute atomic E-state index is 0.817. The third kappa shape index (κ3) is 4.20. The van der Waals surface area contributed by atoms with E-state index in [0.717, 1.165) is 50.8 Å². The molecule has 1 N–H and O–H groups in total. The molecule has 5 heteroatoms. The van der Waals surface area contributed by atoms with Gasteiger partial charge in [-0.1, -0.05) is 24.3 Å². The fraction of sp³-hybridized carbons (Fsp3) is 0.444. The number of aromatic nitrogens is 2. The van der Waals surface area contributed by atoms with E-state index in [9.17, 15) is 0 Å². The van der Waals surface area contributed by atoms with E-state index in [1.54, 1.807) is 0 Å². The minimum Gasteiger partial charge on any atom is -0.370 e. The highest BCUT2D eigenvalue weighted by Gasteiger charge is 2.18. The van der Waals surface area contributed by atoms with Gasteiger partial charge in [-0.2, -0.15) is 4.98 Å². The van der Waals surface area contributed by atoms with Crippen LogP contribution in [-0.2, 0) is 13.0 Å². The van der Waals surface area contributed by atoms with Crippen molar-refractivity contribution in [3.05, 3.63) is 47.7 Å². The van der Waals surface area contributed by atoms with E-state index in [0.29, 0.717) is 0 Å². The Bertz CT molecular complexity index is 641. The summed E-state index contributed by atoms with van der Waals surface area (Å²) in [4.78, 5) is 13.6.